The summed E-state index contributed by atoms with van der Waals surface area (Å²) in [4.78, 5) is 16.7. The number of hydrogen-bond donors (Lipinski definition) is 3. The summed E-state index contributed by atoms with van der Waals surface area (Å²) < 4.78 is 45.6. The number of benzene rings is 2. The highest BCUT2D eigenvalue weighted by Crippen LogP contribution is 2.36. The Bertz CT molecular complexity index is 1280. The molecule has 0 bridgehead atoms. The Morgan fingerprint density at radius 2 is 1.82 bits per heavy atom. The van der Waals surface area contributed by atoms with E-state index in [1.54, 1.807) is 19.2 Å². The van der Waals surface area contributed by atoms with Crippen LogP contribution in [0.5, 0.6) is 0 Å². The molecule has 1 aromatic heterocycles. The average molecular weight is 527 g/mol. The third-order valence-electron chi connectivity index (χ3n) is 6.20. The number of carbonyl (C=O) groups is 1. The number of amides is 1. The highest BCUT2D eigenvalue weighted by Gasteiger charge is 2.32. The van der Waals surface area contributed by atoms with E-state index in [9.17, 15) is 18.0 Å². The van der Waals surface area contributed by atoms with Gasteiger partial charge in [0.25, 0.3) is 5.91 Å². The molecule has 11 heteroatoms. The van der Waals surface area contributed by atoms with E-state index in [4.69, 9.17) is 9.95 Å². The molecule has 4 rings (SSSR count). The zero-order valence-electron chi connectivity index (χ0n) is 20.9. The number of alkyl halides is 3. The van der Waals surface area contributed by atoms with Crippen LogP contribution in [-0.2, 0) is 12.7 Å². The minimum atomic E-state index is -4.55. The molecule has 1 aliphatic heterocycles. The fourth-order valence-corrected chi connectivity index (χ4v) is 4.20. The number of aryl methyl sites for hydroxylation is 1. The molecule has 0 atom stereocenters. The van der Waals surface area contributed by atoms with Gasteiger partial charge >= 0.3 is 6.18 Å². The summed E-state index contributed by atoms with van der Waals surface area (Å²) in [5.41, 5.74) is 8.92. The molecule has 1 aliphatic rings. The predicted octanol–water partition coefficient (Wildman–Crippen LogP) is 5.64. The summed E-state index contributed by atoms with van der Waals surface area (Å²) in [5.74, 6) is -0.0687. The maximum atomic E-state index is 13.4. The number of piperazine rings is 1. The summed E-state index contributed by atoms with van der Waals surface area (Å²) in [5, 5.41) is 9.41. The molecule has 0 aliphatic carbocycles. The third kappa shape index (κ3) is 7.00. The van der Waals surface area contributed by atoms with E-state index >= 15 is 0 Å². The van der Waals surface area contributed by atoms with Crippen LogP contribution >= 0.6 is 0 Å². The topological polar surface area (TPSA) is 97.0 Å². The Morgan fingerprint density at radius 3 is 2.45 bits per heavy atom. The van der Waals surface area contributed by atoms with Crippen LogP contribution in [0.15, 0.2) is 82.1 Å². The number of halogens is 3. The molecule has 38 heavy (non-hydrogen) atoms. The first kappa shape index (κ1) is 26.9. The monoisotopic (exact) mass is 526 g/mol. The quantitative estimate of drug-likeness (QED) is 0.314. The molecule has 1 saturated heterocycles. The zero-order chi connectivity index (χ0) is 27.1. The summed E-state index contributed by atoms with van der Waals surface area (Å²) in [6.07, 6.45) is -2.82. The van der Waals surface area contributed by atoms with Gasteiger partial charge in [0.1, 0.15) is 5.76 Å². The van der Waals surface area contributed by atoms with Crippen molar-refractivity contribution in [3.63, 3.8) is 0 Å². The largest absolute Gasteiger partial charge is 0.456 e. The molecule has 2 heterocycles. The van der Waals surface area contributed by atoms with Gasteiger partial charge < -0.3 is 20.0 Å². The smallest absolute Gasteiger partial charge is 0.416 e. The highest BCUT2D eigenvalue weighted by atomic mass is 19.4. The van der Waals surface area contributed by atoms with Crippen LogP contribution in [0.4, 0.5) is 24.5 Å². The number of hydrogen-bond acceptors (Lipinski definition) is 7. The van der Waals surface area contributed by atoms with Crippen molar-refractivity contribution < 1.29 is 22.4 Å². The second-order valence-corrected chi connectivity index (χ2v) is 8.97. The first-order chi connectivity index (χ1) is 18.2. The minimum Gasteiger partial charge on any atom is -0.456 e. The van der Waals surface area contributed by atoms with Gasteiger partial charge in [-0.1, -0.05) is 30.3 Å². The Hall–Kier alpha value is -4.12. The van der Waals surface area contributed by atoms with Crippen LogP contribution in [0.2, 0.25) is 0 Å². The van der Waals surface area contributed by atoms with Gasteiger partial charge in [0.15, 0.2) is 5.76 Å². The number of furan rings is 1. The maximum absolute atomic E-state index is 13.4. The molecule has 0 radical (unpaired) electrons. The van der Waals surface area contributed by atoms with Gasteiger partial charge in [0.2, 0.25) is 0 Å². The fraction of sp³-hybridized carbons (Fsp3) is 0.296. The lowest BCUT2D eigenvalue weighted by molar-refractivity contribution is -0.137. The molecule has 0 unspecified atom stereocenters. The van der Waals surface area contributed by atoms with Crippen molar-refractivity contribution in [3.8, 4) is 0 Å². The van der Waals surface area contributed by atoms with Crippen molar-refractivity contribution in [1.82, 2.24) is 10.2 Å². The zero-order valence-corrected chi connectivity index (χ0v) is 20.9. The van der Waals surface area contributed by atoms with Crippen molar-refractivity contribution in [3.05, 3.63) is 95.2 Å². The lowest BCUT2D eigenvalue weighted by Crippen LogP contribution is -2.47. The van der Waals surface area contributed by atoms with E-state index in [1.807, 2.05) is 35.2 Å². The van der Waals surface area contributed by atoms with Crippen LogP contribution in [0, 0.1) is 12.5 Å². The molecular weight excluding hydrogens is 497 g/mol. The van der Waals surface area contributed by atoms with Crippen molar-refractivity contribution >= 4 is 17.3 Å². The lowest BCUT2D eigenvalue weighted by Gasteiger charge is -2.37. The van der Waals surface area contributed by atoms with Crippen molar-refractivity contribution in [2.45, 2.75) is 19.6 Å². The van der Waals surface area contributed by atoms with Gasteiger partial charge in [-0.05, 0) is 42.8 Å². The van der Waals surface area contributed by atoms with E-state index in [0.717, 1.165) is 17.7 Å². The number of carbonyl (C=O) groups excluding carboxylic acids is 1. The van der Waals surface area contributed by atoms with E-state index in [0.29, 0.717) is 56.4 Å². The normalized spacial score (nSPS) is 14.8. The van der Waals surface area contributed by atoms with E-state index in [1.165, 1.54) is 12.1 Å². The summed E-state index contributed by atoms with van der Waals surface area (Å²) in [6.45, 7) is 5.03. The van der Waals surface area contributed by atoms with Crippen molar-refractivity contribution in [2.75, 3.05) is 42.9 Å². The Labute approximate surface area is 218 Å². The van der Waals surface area contributed by atoms with Crippen LogP contribution in [0.25, 0.3) is 0 Å². The van der Waals surface area contributed by atoms with Crippen LogP contribution in [0.3, 0.4) is 0 Å². The predicted molar refractivity (Wildman–Crippen MR) is 138 cm³/mol. The molecule has 8 nitrogen and oxygen atoms in total. The van der Waals surface area contributed by atoms with Crippen LogP contribution in [0.1, 0.15) is 27.4 Å². The molecule has 3 N–H and O–H groups in total. The minimum absolute atomic E-state index is 0.0232. The molecule has 0 spiro atoms. The fourth-order valence-electron chi connectivity index (χ4n) is 4.20. The van der Waals surface area contributed by atoms with Gasteiger partial charge in [-0.2, -0.15) is 18.3 Å². The molecule has 2 aromatic carbocycles. The standard InChI is InChI=1S/C27H29F3N6O2/c1-19-7-10-25(38-19)26(37)33-23-15-21(27(28,29)30)8-9-24(23)36-13-11-35(12-14-36)18-22(34-31)17-32-16-20-5-3-2-4-6-20/h2-10,15,17,31-32H,11-14,16,18H2,1H3,(H,33,37)/b22-17-,34-31?. The van der Waals surface area contributed by atoms with Gasteiger partial charge in [0, 0.05) is 45.5 Å². The lowest BCUT2D eigenvalue weighted by atomic mass is 10.1. The number of rotatable bonds is 9. The summed E-state index contributed by atoms with van der Waals surface area (Å²) >= 11 is 0. The number of nitrogens with one attached hydrogen (secondary N) is 3. The van der Waals surface area contributed by atoms with E-state index in [-0.39, 0.29) is 11.4 Å². The van der Waals surface area contributed by atoms with Crippen LogP contribution < -0.4 is 15.5 Å². The Kier molecular flexibility index (Phi) is 8.47. The number of anilines is 2. The molecular formula is C27H29F3N6O2. The molecule has 1 amide bonds. The van der Waals surface area contributed by atoms with Gasteiger partial charge in [0.05, 0.1) is 22.6 Å². The van der Waals surface area contributed by atoms with Gasteiger partial charge in [-0.15, -0.1) is 0 Å². The SMILES string of the molecule is Cc1ccc(C(=O)Nc2cc(C(F)(F)F)ccc2N2CCN(C/C(=C/NCc3ccccc3)N=N)CC2)o1. The Balaban J connectivity index is 1.41. The first-order valence-electron chi connectivity index (χ1n) is 12.1. The van der Waals surface area contributed by atoms with Gasteiger partial charge in [-0.25, -0.2) is 5.53 Å². The van der Waals surface area contributed by atoms with Crippen LogP contribution in [-0.4, -0.2) is 43.5 Å². The van der Waals surface area contributed by atoms with E-state index in [2.05, 4.69) is 20.6 Å². The molecule has 0 saturated carbocycles. The molecule has 200 valence electrons. The highest BCUT2D eigenvalue weighted by molar-refractivity contribution is 6.04. The second kappa shape index (κ2) is 12.0. The third-order valence-corrected chi connectivity index (χ3v) is 6.20. The molecule has 1 fully saturated rings. The number of nitrogens with zero attached hydrogens (tertiary/aromatic N) is 3. The first-order valence-corrected chi connectivity index (χ1v) is 12.1. The van der Waals surface area contributed by atoms with E-state index < -0.39 is 17.6 Å². The average Bonchev–Trinajstić information content (AvgIpc) is 3.35. The van der Waals surface area contributed by atoms with Gasteiger partial charge in [-0.3, -0.25) is 9.69 Å². The Morgan fingerprint density at radius 1 is 1.08 bits per heavy atom. The molecule has 3 aromatic rings. The maximum Gasteiger partial charge on any atom is 0.416 e. The second-order valence-electron chi connectivity index (χ2n) is 8.97. The summed E-state index contributed by atoms with van der Waals surface area (Å²) in [6, 6.07) is 16.3. The van der Waals surface area contributed by atoms with Crippen molar-refractivity contribution in [1.29, 1.82) is 5.53 Å². The van der Waals surface area contributed by atoms with Crippen molar-refractivity contribution in [2.24, 2.45) is 5.11 Å². The summed E-state index contributed by atoms with van der Waals surface area (Å²) in [7, 11) is 0.